The molecule has 0 saturated heterocycles. The van der Waals surface area contributed by atoms with E-state index in [9.17, 15) is 38.4 Å². The fraction of sp³-hybridized carbons (Fsp3) is 0.405. The van der Waals surface area contributed by atoms with Crippen LogP contribution in [0.5, 0.6) is 0 Å². The first-order valence-electron chi connectivity index (χ1n) is 21.2. The number of carbonyl (C=O) groups excluding carboxylic acids is 8. The van der Waals surface area contributed by atoms with Gasteiger partial charge in [0.05, 0.1) is 18.0 Å². The molecule has 0 atom stereocenters. The van der Waals surface area contributed by atoms with E-state index in [1.54, 1.807) is 90.5 Å². The van der Waals surface area contributed by atoms with Crippen LogP contribution >= 0.6 is 0 Å². The number of ether oxygens (including phenoxy) is 2. The molecule has 5 aromatic heterocycles. The molecule has 5 rings (SSSR count). The SMILES string of the molecule is CCOC(=O)c1nc(NC(=O)CCNC(=O)c2cc(NC(=O)c3nc(NC(=O)CCNC(=O)c4cc(Nc5nc(NC(=O)CCNC(=O)OC(C)(C)C)cn5C)cn4C)cn3C)cn2C)cn1C. The van der Waals surface area contributed by atoms with Crippen molar-refractivity contribution in [1.82, 2.24) is 53.7 Å². The second-order valence-corrected chi connectivity index (χ2v) is 16.3. The molecule has 0 spiro atoms. The Kier molecular flexibility index (Phi) is 16.5. The number of nitrogens with one attached hydrogen (secondary N) is 8. The van der Waals surface area contributed by atoms with Gasteiger partial charge < -0.3 is 74.8 Å². The lowest BCUT2D eigenvalue weighted by molar-refractivity contribution is -0.117. The molecule has 0 aliphatic heterocycles. The third kappa shape index (κ3) is 14.3. The third-order valence-electron chi connectivity index (χ3n) is 9.38. The van der Waals surface area contributed by atoms with Crippen molar-refractivity contribution in [2.75, 3.05) is 52.8 Å². The highest BCUT2D eigenvalue weighted by molar-refractivity contribution is 6.04. The van der Waals surface area contributed by atoms with Crippen LogP contribution in [0.2, 0.25) is 0 Å². The van der Waals surface area contributed by atoms with E-state index >= 15 is 0 Å². The minimum Gasteiger partial charge on any atom is -0.460 e. The molecule has 0 bridgehead atoms. The van der Waals surface area contributed by atoms with E-state index in [1.807, 2.05) is 0 Å². The average Bonchev–Trinajstić information content (AvgIpc) is 4.06. The van der Waals surface area contributed by atoms with Gasteiger partial charge in [0.15, 0.2) is 17.5 Å². The van der Waals surface area contributed by atoms with E-state index in [4.69, 9.17) is 9.47 Å². The number of aromatic nitrogens is 8. The van der Waals surface area contributed by atoms with E-state index in [0.29, 0.717) is 11.6 Å². The zero-order valence-corrected chi connectivity index (χ0v) is 39.2. The highest BCUT2D eigenvalue weighted by Crippen LogP contribution is 2.21. The number of alkyl carbamates (subject to hydrolysis) is 1. The number of aryl methyl sites for hydroxylation is 5. The van der Waals surface area contributed by atoms with Crippen molar-refractivity contribution in [3.05, 3.63) is 66.2 Å². The summed E-state index contributed by atoms with van der Waals surface area (Å²) in [5.41, 5.74) is 0.641. The van der Waals surface area contributed by atoms with Gasteiger partial charge in [0, 0.05) is 105 Å². The summed E-state index contributed by atoms with van der Waals surface area (Å²) in [7, 11) is 8.15. The van der Waals surface area contributed by atoms with Gasteiger partial charge >= 0.3 is 12.1 Å². The predicted octanol–water partition coefficient (Wildman–Crippen LogP) is 2.11. The Morgan fingerprint density at radius 3 is 1.53 bits per heavy atom. The van der Waals surface area contributed by atoms with Crippen LogP contribution in [0.15, 0.2) is 43.1 Å². The van der Waals surface area contributed by atoms with E-state index in [0.717, 1.165) is 0 Å². The maximum atomic E-state index is 13.2. The Bertz CT molecular complexity index is 2700. The van der Waals surface area contributed by atoms with Crippen molar-refractivity contribution in [3.8, 4) is 0 Å². The fourth-order valence-electron chi connectivity index (χ4n) is 6.29. The molecule has 0 saturated carbocycles. The van der Waals surface area contributed by atoms with Crippen LogP contribution in [0.3, 0.4) is 0 Å². The van der Waals surface area contributed by atoms with Gasteiger partial charge in [-0.25, -0.2) is 19.6 Å². The molecule has 5 aromatic rings. The standard InChI is InChI=1S/C42H56N16O10/c1-10-67-39(65)35-52-29(22-57(35)8)49-32(60)12-15-43-36(62)26-17-24(19-54(26)5)46-38(64)34-51-28(21-56(34)7)48-31(59)11-14-44-37(63)27-18-25(20-55(27)6)47-40-53-30(23-58(40)9)50-33(61)13-16-45-41(66)68-42(2,3)4/h17-23H,10-16H2,1-9H3,(H,43,62)(H,44,63)(H,45,66)(H,46,64)(H,47,53)(H,48,59)(H,49,60)(H,50,61). The van der Waals surface area contributed by atoms with Crippen LogP contribution in [0.25, 0.3) is 0 Å². The zero-order chi connectivity index (χ0) is 49.9. The second-order valence-electron chi connectivity index (χ2n) is 16.3. The maximum Gasteiger partial charge on any atom is 0.407 e. The first-order valence-corrected chi connectivity index (χ1v) is 21.2. The van der Waals surface area contributed by atoms with Crippen molar-refractivity contribution >= 4 is 82.3 Å². The quantitative estimate of drug-likeness (QED) is 0.0519. The zero-order valence-electron chi connectivity index (χ0n) is 39.2. The summed E-state index contributed by atoms with van der Waals surface area (Å²) in [5.74, 6) is -2.60. The van der Waals surface area contributed by atoms with Crippen molar-refractivity contribution < 1.29 is 47.8 Å². The highest BCUT2D eigenvalue weighted by Gasteiger charge is 2.21. The van der Waals surface area contributed by atoms with Gasteiger partial charge in [0.1, 0.15) is 17.0 Å². The summed E-state index contributed by atoms with van der Waals surface area (Å²) in [6.45, 7) is 7.09. The molecule has 26 nitrogen and oxygen atoms in total. The van der Waals surface area contributed by atoms with Gasteiger partial charge in [-0.05, 0) is 39.8 Å². The number of carbonyl (C=O) groups is 8. The Morgan fingerprint density at radius 1 is 0.544 bits per heavy atom. The van der Waals surface area contributed by atoms with Crippen molar-refractivity contribution in [2.24, 2.45) is 35.2 Å². The average molecular weight is 945 g/mol. The molecule has 7 amide bonds. The normalized spacial score (nSPS) is 11.0. The fourth-order valence-corrected chi connectivity index (χ4v) is 6.29. The summed E-state index contributed by atoms with van der Waals surface area (Å²) in [6.07, 6.45) is 6.87. The monoisotopic (exact) mass is 944 g/mol. The molecule has 8 N–H and O–H groups in total. The lowest BCUT2D eigenvalue weighted by Gasteiger charge is -2.19. The molecule has 26 heteroatoms. The first-order chi connectivity index (χ1) is 32.1. The van der Waals surface area contributed by atoms with Crippen LogP contribution in [-0.4, -0.2) is 117 Å². The molecule has 0 aliphatic carbocycles. The Labute approximate surface area is 389 Å². The molecule has 0 aliphatic rings. The third-order valence-corrected chi connectivity index (χ3v) is 9.38. The van der Waals surface area contributed by atoms with Gasteiger partial charge in [0.25, 0.3) is 17.7 Å². The lowest BCUT2D eigenvalue weighted by atomic mass is 10.2. The first kappa shape index (κ1) is 50.5. The van der Waals surface area contributed by atoms with Gasteiger partial charge in [-0.2, -0.15) is 4.98 Å². The number of esters is 1. The van der Waals surface area contributed by atoms with E-state index in [-0.39, 0.29) is 97.6 Å². The number of anilines is 6. The topological polar surface area (TPSA) is 315 Å². The summed E-state index contributed by atoms with van der Waals surface area (Å²) < 4.78 is 17.7. The van der Waals surface area contributed by atoms with Gasteiger partial charge in [-0.15, -0.1) is 0 Å². The molecule has 364 valence electrons. The number of amides is 7. The van der Waals surface area contributed by atoms with E-state index in [2.05, 4.69) is 57.5 Å². The minimum atomic E-state index is -0.658. The van der Waals surface area contributed by atoms with Crippen LogP contribution < -0.4 is 42.5 Å². The maximum absolute atomic E-state index is 13.2. The van der Waals surface area contributed by atoms with Crippen LogP contribution in [0, 0.1) is 0 Å². The predicted molar refractivity (Wildman–Crippen MR) is 246 cm³/mol. The van der Waals surface area contributed by atoms with Gasteiger partial charge in [0.2, 0.25) is 35.3 Å². The molecule has 68 heavy (non-hydrogen) atoms. The molecule has 0 radical (unpaired) electrons. The Morgan fingerprint density at radius 2 is 1.00 bits per heavy atom. The number of rotatable bonds is 20. The molecule has 0 aromatic carbocycles. The van der Waals surface area contributed by atoms with Crippen molar-refractivity contribution in [3.63, 3.8) is 0 Å². The van der Waals surface area contributed by atoms with Crippen LogP contribution in [0.1, 0.15) is 89.2 Å². The van der Waals surface area contributed by atoms with Crippen molar-refractivity contribution in [2.45, 2.75) is 52.6 Å². The second kappa shape index (κ2) is 22.2. The molecule has 5 heterocycles. The van der Waals surface area contributed by atoms with Crippen LogP contribution in [0.4, 0.5) is 39.6 Å². The van der Waals surface area contributed by atoms with Gasteiger partial charge in [-0.1, -0.05) is 0 Å². The Hall–Kier alpha value is -8.45. The van der Waals surface area contributed by atoms with E-state index < -0.39 is 47.2 Å². The largest absolute Gasteiger partial charge is 0.460 e. The van der Waals surface area contributed by atoms with Crippen LogP contribution in [-0.2, 0) is 59.1 Å². The van der Waals surface area contributed by atoms with E-state index in [1.165, 1.54) is 38.4 Å². The summed E-state index contributed by atoms with van der Waals surface area (Å²) >= 11 is 0. The lowest BCUT2D eigenvalue weighted by Crippen LogP contribution is -2.34. The van der Waals surface area contributed by atoms with Crippen molar-refractivity contribution in [1.29, 1.82) is 0 Å². The molecular weight excluding hydrogens is 889 g/mol. The molecule has 0 unspecified atom stereocenters. The summed E-state index contributed by atoms with van der Waals surface area (Å²) in [6, 6.07) is 3.04. The highest BCUT2D eigenvalue weighted by atomic mass is 16.6. The minimum absolute atomic E-state index is 0.00333. The Balaban J connectivity index is 1.03. The van der Waals surface area contributed by atoms with Gasteiger partial charge in [-0.3, -0.25) is 28.8 Å². The molecule has 0 fully saturated rings. The number of nitrogens with zero attached hydrogens (tertiary/aromatic N) is 8. The summed E-state index contributed by atoms with van der Waals surface area (Å²) in [4.78, 5) is 113. The number of imidazole rings is 3. The summed E-state index contributed by atoms with van der Waals surface area (Å²) in [5, 5.41) is 21.5. The number of hydrogen-bond acceptors (Lipinski definition) is 14. The molecular formula is C42H56N16O10. The number of hydrogen-bond donors (Lipinski definition) is 8. The smallest absolute Gasteiger partial charge is 0.407 e.